The minimum absolute atomic E-state index is 0.105. The highest BCUT2D eigenvalue weighted by Gasteiger charge is 2.16. The smallest absolute Gasteiger partial charge is 0.270 e. The van der Waals surface area contributed by atoms with Crippen molar-refractivity contribution in [3.05, 3.63) is 29.5 Å². The average molecular weight is 333 g/mol. The van der Waals surface area contributed by atoms with E-state index in [2.05, 4.69) is 22.1 Å². The fourth-order valence-corrected chi connectivity index (χ4v) is 3.54. The number of likely N-dealkylation sites (tertiary alicyclic amines) is 1. The Balaban J connectivity index is 1.40. The second-order valence-corrected chi connectivity index (χ2v) is 7.01. The van der Waals surface area contributed by atoms with E-state index in [1.165, 1.54) is 37.3 Å². The van der Waals surface area contributed by atoms with Crippen molar-refractivity contribution in [2.75, 3.05) is 26.2 Å². The first-order valence-corrected chi connectivity index (χ1v) is 9.10. The molecule has 0 atom stereocenters. The number of carbonyl (C=O) groups is 1. The van der Waals surface area contributed by atoms with Crippen molar-refractivity contribution in [1.82, 2.24) is 15.2 Å². The Morgan fingerprint density at radius 1 is 1.48 bits per heavy atom. The second kappa shape index (κ2) is 7.75. The highest BCUT2D eigenvalue weighted by Crippen LogP contribution is 2.23. The first kappa shape index (κ1) is 16.2. The SMILES string of the molecule is CC1CCN(CCCNC(=O)c2csc(-c3ccco3)n2)CC1. The van der Waals surface area contributed by atoms with Crippen LogP contribution >= 0.6 is 11.3 Å². The second-order valence-electron chi connectivity index (χ2n) is 6.15. The Kier molecular flexibility index (Phi) is 5.46. The summed E-state index contributed by atoms with van der Waals surface area (Å²) in [6.07, 6.45) is 5.18. The molecule has 2 aromatic rings. The fourth-order valence-electron chi connectivity index (χ4n) is 2.77. The van der Waals surface area contributed by atoms with Gasteiger partial charge >= 0.3 is 0 Å². The lowest BCUT2D eigenvalue weighted by Crippen LogP contribution is -2.35. The van der Waals surface area contributed by atoms with Crippen LogP contribution in [0.3, 0.4) is 0 Å². The molecule has 6 heteroatoms. The molecule has 5 nitrogen and oxygen atoms in total. The van der Waals surface area contributed by atoms with Gasteiger partial charge < -0.3 is 14.6 Å². The lowest BCUT2D eigenvalue weighted by atomic mass is 9.99. The van der Waals surface area contributed by atoms with Crippen LogP contribution in [0.5, 0.6) is 0 Å². The van der Waals surface area contributed by atoms with Crippen molar-refractivity contribution < 1.29 is 9.21 Å². The summed E-state index contributed by atoms with van der Waals surface area (Å²) >= 11 is 1.42. The molecule has 1 aliphatic rings. The highest BCUT2D eigenvalue weighted by atomic mass is 32.1. The molecule has 1 aliphatic heterocycles. The Morgan fingerprint density at radius 3 is 3.04 bits per heavy atom. The van der Waals surface area contributed by atoms with E-state index in [0.717, 1.165) is 23.9 Å². The van der Waals surface area contributed by atoms with Gasteiger partial charge in [0.05, 0.1) is 6.26 Å². The molecule has 23 heavy (non-hydrogen) atoms. The summed E-state index contributed by atoms with van der Waals surface area (Å²) in [5.41, 5.74) is 0.466. The van der Waals surface area contributed by atoms with Crippen molar-refractivity contribution in [2.24, 2.45) is 5.92 Å². The number of nitrogens with one attached hydrogen (secondary N) is 1. The molecule has 0 aliphatic carbocycles. The maximum atomic E-state index is 12.1. The van der Waals surface area contributed by atoms with Gasteiger partial charge in [-0.2, -0.15) is 0 Å². The zero-order valence-electron chi connectivity index (χ0n) is 13.5. The van der Waals surface area contributed by atoms with Crippen LogP contribution in [0.2, 0.25) is 0 Å². The van der Waals surface area contributed by atoms with Gasteiger partial charge in [0.1, 0.15) is 5.69 Å². The number of nitrogens with zero attached hydrogens (tertiary/aromatic N) is 2. The number of aromatic nitrogens is 1. The molecule has 0 saturated carbocycles. The summed E-state index contributed by atoms with van der Waals surface area (Å²) in [6.45, 7) is 6.45. The maximum absolute atomic E-state index is 12.1. The van der Waals surface area contributed by atoms with Crippen molar-refractivity contribution >= 4 is 17.2 Å². The van der Waals surface area contributed by atoms with Crippen LogP contribution in [-0.2, 0) is 0 Å². The molecule has 0 aromatic carbocycles. The summed E-state index contributed by atoms with van der Waals surface area (Å²) in [6, 6.07) is 3.66. The van der Waals surface area contributed by atoms with E-state index >= 15 is 0 Å². The molecule has 1 fully saturated rings. The number of rotatable bonds is 6. The molecule has 0 radical (unpaired) electrons. The molecule has 0 unspecified atom stereocenters. The molecular formula is C17H23N3O2S. The summed E-state index contributed by atoms with van der Waals surface area (Å²) in [5, 5.41) is 5.47. The standard InChI is InChI=1S/C17H23N3O2S/c1-13-5-9-20(10-6-13)8-3-7-18-16(21)14-12-23-17(19-14)15-4-2-11-22-15/h2,4,11-13H,3,5-10H2,1H3,(H,18,21). The van der Waals surface area contributed by atoms with Gasteiger partial charge in [0.2, 0.25) is 0 Å². The van der Waals surface area contributed by atoms with Crippen LogP contribution in [-0.4, -0.2) is 42.0 Å². The molecular weight excluding hydrogens is 310 g/mol. The van der Waals surface area contributed by atoms with Crippen molar-refractivity contribution in [1.29, 1.82) is 0 Å². The van der Waals surface area contributed by atoms with Gasteiger partial charge in [-0.1, -0.05) is 6.92 Å². The van der Waals surface area contributed by atoms with Crippen LogP contribution < -0.4 is 5.32 Å². The molecule has 124 valence electrons. The molecule has 3 rings (SSSR count). The Morgan fingerprint density at radius 2 is 2.30 bits per heavy atom. The minimum Gasteiger partial charge on any atom is -0.462 e. The van der Waals surface area contributed by atoms with E-state index in [1.807, 2.05) is 12.1 Å². The van der Waals surface area contributed by atoms with E-state index in [4.69, 9.17) is 4.42 Å². The topological polar surface area (TPSA) is 58.4 Å². The van der Waals surface area contributed by atoms with Gasteiger partial charge in [0.25, 0.3) is 5.91 Å². The zero-order chi connectivity index (χ0) is 16.1. The first-order chi connectivity index (χ1) is 11.2. The number of amides is 1. The van der Waals surface area contributed by atoms with E-state index in [-0.39, 0.29) is 5.91 Å². The third-order valence-corrected chi connectivity index (χ3v) is 5.14. The molecule has 3 heterocycles. The van der Waals surface area contributed by atoms with E-state index in [0.29, 0.717) is 18.0 Å². The minimum atomic E-state index is -0.105. The third kappa shape index (κ3) is 4.42. The Hall–Kier alpha value is -1.66. The van der Waals surface area contributed by atoms with Crippen LogP contribution in [0.25, 0.3) is 10.8 Å². The molecule has 2 aromatic heterocycles. The van der Waals surface area contributed by atoms with Gasteiger partial charge in [-0.05, 0) is 56.9 Å². The number of hydrogen-bond acceptors (Lipinski definition) is 5. The molecule has 1 N–H and O–H groups in total. The van der Waals surface area contributed by atoms with Crippen LogP contribution in [0.4, 0.5) is 0 Å². The number of furan rings is 1. The van der Waals surface area contributed by atoms with E-state index < -0.39 is 0 Å². The summed E-state index contributed by atoms with van der Waals surface area (Å²) in [4.78, 5) is 18.9. The lowest BCUT2D eigenvalue weighted by molar-refractivity contribution is 0.0946. The van der Waals surface area contributed by atoms with Crippen molar-refractivity contribution in [3.8, 4) is 10.8 Å². The number of piperidine rings is 1. The van der Waals surface area contributed by atoms with Gasteiger partial charge in [0, 0.05) is 11.9 Å². The summed E-state index contributed by atoms with van der Waals surface area (Å²) in [7, 11) is 0. The maximum Gasteiger partial charge on any atom is 0.270 e. The van der Waals surface area contributed by atoms with E-state index in [1.54, 1.807) is 11.6 Å². The van der Waals surface area contributed by atoms with E-state index in [9.17, 15) is 4.79 Å². The quantitative estimate of drug-likeness (QED) is 0.825. The Bertz CT molecular complexity index is 616. The van der Waals surface area contributed by atoms with Crippen molar-refractivity contribution in [3.63, 3.8) is 0 Å². The number of thiazole rings is 1. The molecule has 0 bridgehead atoms. The number of carbonyl (C=O) groups excluding carboxylic acids is 1. The number of hydrogen-bond donors (Lipinski definition) is 1. The normalized spacial score (nSPS) is 16.6. The lowest BCUT2D eigenvalue weighted by Gasteiger charge is -2.30. The van der Waals surface area contributed by atoms with Crippen LogP contribution in [0, 0.1) is 5.92 Å². The fraction of sp³-hybridized carbons (Fsp3) is 0.529. The Labute approximate surface area is 140 Å². The van der Waals surface area contributed by atoms with Gasteiger partial charge in [-0.15, -0.1) is 11.3 Å². The van der Waals surface area contributed by atoms with Crippen molar-refractivity contribution in [2.45, 2.75) is 26.2 Å². The summed E-state index contributed by atoms with van der Waals surface area (Å²) < 4.78 is 5.30. The first-order valence-electron chi connectivity index (χ1n) is 8.22. The molecule has 1 saturated heterocycles. The molecule has 0 spiro atoms. The van der Waals surface area contributed by atoms with Gasteiger partial charge in [-0.3, -0.25) is 4.79 Å². The van der Waals surface area contributed by atoms with Gasteiger partial charge in [0.15, 0.2) is 10.8 Å². The molecule has 1 amide bonds. The predicted molar refractivity (Wildman–Crippen MR) is 91.6 cm³/mol. The predicted octanol–water partition coefficient (Wildman–Crippen LogP) is 3.25. The zero-order valence-corrected chi connectivity index (χ0v) is 14.3. The van der Waals surface area contributed by atoms with Crippen LogP contribution in [0.1, 0.15) is 36.7 Å². The highest BCUT2D eigenvalue weighted by molar-refractivity contribution is 7.13. The largest absolute Gasteiger partial charge is 0.462 e. The van der Waals surface area contributed by atoms with Gasteiger partial charge in [-0.25, -0.2) is 4.98 Å². The summed E-state index contributed by atoms with van der Waals surface area (Å²) in [5.74, 6) is 1.46. The monoisotopic (exact) mass is 333 g/mol. The average Bonchev–Trinajstić information content (AvgIpc) is 3.23. The third-order valence-electron chi connectivity index (χ3n) is 4.28. The van der Waals surface area contributed by atoms with Crippen LogP contribution in [0.15, 0.2) is 28.2 Å².